The van der Waals surface area contributed by atoms with Gasteiger partial charge in [-0.2, -0.15) is 0 Å². The van der Waals surface area contributed by atoms with E-state index in [1.54, 1.807) is 0 Å². The fraction of sp³-hybridized carbons (Fsp3) is 0.529. The minimum atomic E-state index is -2.95. The number of hydrogen-bond acceptors (Lipinski definition) is 2. The van der Waals surface area contributed by atoms with Crippen LogP contribution in [0.5, 0.6) is 0 Å². The van der Waals surface area contributed by atoms with Crippen LogP contribution in [0.2, 0.25) is 0 Å². The average molecular weight is 292 g/mol. The fourth-order valence-electron chi connectivity index (χ4n) is 2.41. The van der Waals surface area contributed by atoms with E-state index in [4.69, 9.17) is 4.52 Å². The summed E-state index contributed by atoms with van der Waals surface area (Å²) in [5.74, 6) is 0. The van der Waals surface area contributed by atoms with Gasteiger partial charge in [-0.15, -0.1) is 0 Å². The van der Waals surface area contributed by atoms with Gasteiger partial charge in [-0.1, -0.05) is 59.7 Å². The van der Waals surface area contributed by atoms with Crippen molar-refractivity contribution in [3.05, 3.63) is 41.7 Å². The summed E-state index contributed by atoms with van der Waals surface area (Å²) in [6.45, 7) is 12.7. The first kappa shape index (κ1) is 15.5. The van der Waals surface area contributed by atoms with Crippen molar-refractivity contribution in [1.29, 1.82) is 0 Å². The van der Waals surface area contributed by atoms with Crippen LogP contribution in [0.4, 0.5) is 0 Å². The van der Waals surface area contributed by atoms with Gasteiger partial charge in [0.2, 0.25) is 0 Å². The van der Waals surface area contributed by atoms with Crippen LogP contribution in [0.1, 0.15) is 41.5 Å². The van der Waals surface area contributed by atoms with Gasteiger partial charge in [0.15, 0.2) is 0 Å². The number of benzene rings is 1. The second-order valence-electron chi connectivity index (χ2n) is 7.58. The molecular formula is C17H25O2P. The van der Waals surface area contributed by atoms with Gasteiger partial charge in [0.25, 0.3) is 7.37 Å². The fourth-order valence-corrected chi connectivity index (χ4v) is 5.40. The van der Waals surface area contributed by atoms with E-state index < -0.39 is 7.37 Å². The minimum absolute atomic E-state index is 0.0581. The van der Waals surface area contributed by atoms with E-state index in [9.17, 15) is 4.57 Å². The van der Waals surface area contributed by atoms with Crippen molar-refractivity contribution in [2.75, 3.05) is 0 Å². The molecule has 110 valence electrons. The van der Waals surface area contributed by atoms with Gasteiger partial charge in [0.05, 0.1) is 6.10 Å². The van der Waals surface area contributed by atoms with Crippen LogP contribution >= 0.6 is 7.37 Å². The Morgan fingerprint density at radius 3 is 2.00 bits per heavy atom. The Labute approximate surface area is 122 Å². The minimum Gasteiger partial charge on any atom is -0.314 e. The number of hydrogen-bond donors (Lipinski definition) is 0. The molecule has 0 N–H and O–H groups in total. The van der Waals surface area contributed by atoms with E-state index >= 15 is 0 Å². The molecule has 2 rings (SSSR count). The van der Waals surface area contributed by atoms with E-state index in [0.717, 1.165) is 10.6 Å². The summed E-state index contributed by atoms with van der Waals surface area (Å²) < 4.78 is 19.7. The van der Waals surface area contributed by atoms with Crippen LogP contribution in [-0.2, 0) is 9.09 Å². The Kier molecular flexibility index (Phi) is 3.77. The first-order valence-corrected chi connectivity index (χ1v) is 8.74. The second kappa shape index (κ2) is 4.86. The van der Waals surface area contributed by atoms with E-state index in [-0.39, 0.29) is 16.9 Å². The smallest absolute Gasteiger partial charge is 0.258 e. The molecule has 2 atom stereocenters. The van der Waals surface area contributed by atoms with Gasteiger partial charge in [-0.05, 0) is 29.0 Å². The van der Waals surface area contributed by atoms with Gasteiger partial charge in [-0.3, -0.25) is 4.57 Å². The first-order valence-electron chi connectivity index (χ1n) is 7.12. The molecule has 0 spiro atoms. The van der Waals surface area contributed by atoms with Crippen molar-refractivity contribution >= 4 is 12.7 Å². The highest BCUT2D eigenvalue weighted by molar-refractivity contribution is 7.71. The van der Waals surface area contributed by atoms with Crippen LogP contribution < -0.4 is 5.30 Å². The standard InChI is InChI=1S/C17H25O2P/c1-16(2,3)14-12-15(17(4,5)6)20(18,19-14)13-10-8-7-9-11-13/h7-12,14H,1-6H3/t14-,20+/m1/s1. The Morgan fingerprint density at radius 1 is 1.00 bits per heavy atom. The Hall–Kier alpha value is -0.850. The topological polar surface area (TPSA) is 26.3 Å². The summed E-state index contributed by atoms with van der Waals surface area (Å²) >= 11 is 0. The molecule has 0 bridgehead atoms. The molecule has 20 heavy (non-hydrogen) atoms. The first-order chi connectivity index (χ1) is 9.05. The lowest BCUT2D eigenvalue weighted by Gasteiger charge is -2.28. The van der Waals surface area contributed by atoms with Gasteiger partial charge in [0, 0.05) is 10.6 Å². The molecule has 0 aromatic heterocycles. The molecule has 1 heterocycles. The third-order valence-electron chi connectivity index (χ3n) is 3.61. The Morgan fingerprint density at radius 2 is 1.55 bits per heavy atom. The van der Waals surface area contributed by atoms with Crippen LogP contribution in [0, 0.1) is 10.8 Å². The summed E-state index contributed by atoms with van der Waals surface area (Å²) in [6, 6.07) is 9.59. The van der Waals surface area contributed by atoms with Crippen LogP contribution in [-0.4, -0.2) is 6.10 Å². The van der Waals surface area contributed by atoms with Crippen molar-refractivity contribution in [3.63, 3.8) is 0 Å². The molecule has 1 aromatic carbocycles. The van der Waals surface area contributed by atoms with Gasteiger partial charge in [-0.25, -0.2) is 0 Å². The summed E-state index contributed by atoms with van der Waals surface area (Å²) in [7, 11) is -2.95. The third kappa shape index (κ3) is 2.77. The van der Waals surface area contributed by atoms with Gasteiger partial charge >= 0.3 is 0 Å². The molecule has 1 aliphatic heterocycles. The number of rotatable bonds is 1. The molecule has 1 aliphatic rings. The van der Waals surface area contributed by atoms with Crippen molar-refractivity contribution in [1.82, 2.24) is 0 Å². The van der Waals surface area contributed by atoms with Crippen LogP contribution in [0.25, 0.3) is 0 Å². The highest BCUT2D eigenvalue weighted by Crippen LogP contribution is 2.66. The molecule has 0 saturated carbocycles. The van der Waals surface area contributed by atoms with E-state index in [1.807, 2.05) is 30.3 Å². The maximum absolute atomic E-state index is 13.6. The molecule has 0 aliphatic carbocycles. The summed E-state index contributed by atoms with van der Waals surface area (Å²) in [5, 5.41) is 1.74. The zero-order chi connectivity index (χ0) is 15.2. The van der Waals surface area contributed by atoms with Crippen LogP contribution in [0.3, 0.4) is 0 Å². The molecule has 1 aromatic rings. The van der Waals surface area contributed by atoms with Crippen molar-refractivity contribution < 1.29 is 9.09 Å². The molecule has 0 radical (unpaired) electrons. The third-order valence-corrected chi connectivity index (χ3v) is 6.56. The van der Waals surface area contributed by atoms with Crippen molar-refractivity contribution in [2.24, 2.45) is 10.8 Å². The van der Waals surface area contributed by atoms with Gasteiger partial charge in [0.1, 0.15) is 0 Å². The highest BCUT2D eigenvalue weighted by Gasteiger charge is 2.47. The molecule has 3 heteroatoms. The largest absolute Gasteiger partial charge is 0.314 e. The van der Waals surface area contributed by atoms with E-state index in [0.29, 0.717) is 0 Å². The lowest BCUT2D eigenvalue weighted by molar-refractivity contribution is 0.143. The zero-order valence-corrected chi connectivity index (χ0v) is 14.2. The maximum Gasteiger partial charge on any atom is 0.258 e. The van der Waals surface area contributed by atoms with E-state index in [1.165, 1.54) is 0 Å². The molecule has 0 fully saturated rings. The zero-order valence-electron chi connectivity index (χ0n) is 13.3. The monoisotopic (exact) mass is 292 g/mol. The van der Waals surface area contributed by atoms with Crippen molar-refractivity contribution in [2.45, 2.75) is 47.6 Å². The SMILES string of the molecule is CC(C)(C)C1=C[C@H](C(C)(C)C)O[P@@]1(=O)c1ccccc1. The lowest BCUT2D eigenvalue weighted by atomic mass is 9.86. The maximum atomic E-state index is 13.6. The highest BCUT2D eigenvalue weighted by atomic mass is 31.2. The average Bonchev–Trinajstić information content (AvgIpc) is 2.69. The molecule has 0 unspecified atom stereocenters. The summed E-state index contributed by atoms with van der Waals surface area (Å²) in [6.07, 6.45) is 1.98. The molecule has 0 saturated heterocycles. The Bertz CT molecular complexity index is 559. The predicted octanol–water partition coefficient (Wildman–Crippen LogP) is 4.96. The quantitative estimate of drug-likeness (QED) is 0.683. The molecular weight excluding hydrogens is 267 g/mol. The summed E-state index contributed by atoms with van der Waals surface area (Å²) in [4.78, 5) is 0. The predicted molar refractivity (Wildman–Crippen MR) is 85.5 cm³/mol. The van der Waals surface area contributed by atoms with Gasteiger partial charge < -0.3 is 4.52 Å². The van der Waals surface area contributed by atoms with Crippen LogP contribution in [0.15, 0.2) is 41.7 Å². The molecule has 0 amide bonds. The van der Waals surface area contributed by atoms with Crippen molar-refractivity contribution in [3.8, 4) is 0 Å². The Balaban J connectivity index is 2.54. The molecule has 2 nitrogen and oxygen atoms in total. The van der Waals surface area contributed by atoms with E-state index in [2.05, 4.69) is 47.6 Å². The second-order valence-corrected chi connectivity index (χ2v) is 9.89. The lowest BCUT2D eigenvalue weighted by Crippen LogP contribution is -2.24. The number of allylic oxidation sites excluding steroid dienone is 1. The normalized spacial score (nSPS) is 27.5. The summed E-state index contributed by atoms with van der Waals surface area (Å²) in [5.41, 5.74) is -0.219.